The predicted octanol–water partition coefficient (Wildman–Crippen LogP) is 0.00460. The first kappa shape index (κ1) is 13.1. The Balaban J connectivity index is 2.75. The van der Waals surface area contributed by atoms with Crippen LogP contribution < -0.4 is 11.3 Å². The molecule has 1 aromatic heterocycles. The van der Waals surface area contributed by atoms with Gasteiger partial charge in [-0.05, 0) is 13.3 Å². The number of ether oxygens (including phenoxy) is 1. The largest absolute Gasteiger partial charge is 0.377 e. The predicted molar refractivity (Wildman–Crippen MR) is 61.5 cm³/mol. The molecule has 0 fully saturated rings. The molecule has 3 N–H and O–H groups in total. The summed E-state index contributed by atoms with van der Waals surface area (Å²) in [7, 11) is 3.54. The third-order valence-electron chi connectivity index (χ3n) is 3.17. The lowest BCUT2D eigenvalue weighted by Crippen LogP contribution is -2.53. The Morgan fingerprint density at radius 1 is 1.69 bits per heavy atom. The third kappa shape index (κ3) is 2.78. The summed E-state index contributed by atoms with van der Waals surface area (Å²) in [5.74, 6) is 5.58. The molecule has 0 radical (unpaired) electrons. The highest BCUT2D eigenvalue weighted by atomic mass is 16.5. The first-order valence-electron chi connectivity index (χ1n) is 5.42. The fraction of sp³-hybridized carbons (Fsp3) is 0.800. The summed E-state index contributed by atoms with van der Waals surface area (Å²) in [6.45, 7) is 4.11. The molecular formula is C10H21N5O. The second-order valence-electron chi connectivity index (χ2n) is 4.18. The normalized spacial score (nSPS) is 17.1. The SMILES string of the molecule is CCC(C)(OC)C(Cc1cn(C)nn1)NN. The minimum absolute atomic E-state index is 0.0131. The molecule has 0 bridgehead atoms. The molecule has 0 aliphatic heterocycles. The van der Waals surface area contributed by atoms with E-state index in [9.17, 15) is 0 Å². The number of nitrogens with zero attached hydrogens (tertiary/aromatic N) is 3. The van der Waals surface area contributed by atoms with Crippen molar-refractivity contribution in [2.24, 2.45) is 12.9 Å². The number of aromatic nitrogens is 3. The number of hydrogen-bond acceptors (Lipinski definition) is 5. The van der Waals surface area contributed by atoms with E-state index in [1.807, 2.05) is 20.2 Å². The smallest absolute Gasteiger partial charge is 0.0844 e. The van der Waals surface area contributed by atoms with Crippen LogP contribution in [0.15, 0.2) is 6.20 Å². The first-order chi connectivity index (χ1) is 7.55. The van der Waals surface area contributed by atoms with Crippen LogP contribution in [0.2, 0.25) is 0 Å². The van der Waals surface area contributed by atoms with E-state index in [-0.39, 0.29) is 11.6 Å². The molecule has 16 heavy (non-hydrogen) atoms. The van der Waals surface area contributed by atoms with Crippen molar-refractivity contribution in [3.8, 4) is 0 Å². The van der Waals surface area contributed by atoms with Crippen molar-refractivity contribution in [3.63, 3.8) is 0 Å². The van der Waals surface area contributed by atoms with Gasteiger partial charge in [-0.15, -0.1) is 5.10 Å². The van der Waals surface area contributed by atoms with Crippen LogP contribution in [-0.2, 0) is 18.2 Å². The van der Waals surface area contributed by atoms with Gasteiger partial charge in [-0.1, -0.05) is 12.1 Å². The fourth-order valence-electron chi connectivity index (χ4n) is 1.68. The molecule has 1 rings (SSSR count). The molecule has 0 aliphatic carbocycles. The Morgan fingerprint density at radius 3 is 2.75 bits per heavy atom. The molecule has 0 spiro atoms. The molecule has 0 amide bonds. The van der Waals surface area contributed by atoms with Gasteiger partial charge in [-0.25, -0.2) is 0 Å². The van der Waals surface area contributed by atoms with E-state index in [0.29, 0.717) is 6.42 Å². The Kier molecular flexibility index (Phi) is 4.40. The zero-order chi connectivity index (χ0) is 12.2. The molecule has 1 heterocycles. The Bertz CT molecular complexity index is 321. The Hall–Kier alpha value is -0.980. The Morgan fingerprint density at radius 2 is 2.38 bits per heavy atom. The number of methoxy groups -OCH3 is 1. The summed E-state index contributed by atoms with van der Waals surface area (Å²) >= 11 is 0. The van der Waals surface area contributed by atoms with Crippen LogP contribution in [0.3, 0.4) is 0 Å². The third-order valence-corrected chi connectivity index (χ3v) is 3.17. The molecule has 0 saturated carbocycles. The summed E-state index contributed by atoms with van der Waals surface area (Å²) in [6, 6.07) is 0.0131. The number of rotatable bonds is 6. The zero-order valence-corrected chi connectivity index (χ0v) is 10.4. The molecule has 2 atom stereocenters. The van der Waals surface area contributed by atoms with Gasteiger partial charge < -0.3 is 4.74 Å². The minimum Gasteiger partial charge on any atom is -0.377 e. The van der Waals surface area contributed by atoms with Crippen molar-refractivity contribution in [1.82, 2.24) is 20.4 Å². The minimum atomic E-state index is -0.299. The fourth-order valence-corrected chi connectivity index (χ4v) is 1.68. The van der Waals surface area contributed by atoms with E-state index < -0.39 is 0 Å². The van der Waals surface area contributed by atoms with Gasteiger partial charge in [0.2, 0.25) is 0 Å². The topological polar surface area (TPSA) is 78.0 Å². The van der Waals surface area contributed by atoms with E-state index in [1.54, 1.807) is 11.8 Å². The lowest BCUT2D eigenvalue weighted by molar-refractivity contribution is -0.0290. The van der Waals surface area contributed by atoms with Crippen molar-refractivity contribution >= 4 is 0 Å². The molecule has 0 aliphatic rings. The number of hydrogen-bond donors (Lipinski definition) is 2. The Labute approximate surface area is 96.1 Å². The van der Waals surface area contributed by atoms with Crippen LogP contribution in [0.5, 0.6) is 0 Å². The van der Waals surface area contributed by atoms with Crippen molar-refractivity contribution in [1.29, 1.82) is 0 Å². The van der Waals surface area contributed by atoms with Crippen LogP contribution in [0.1, 0.15) is 26.0 Å². The summed E-state index contributed by atoms with van der Waals surface area (Å²) in [5, 5.41) is 7.94. The molecule has 6 nitrogen and oxygen atoms in total. The highest BCUT2D eigenvalue weighted by molar-refractivity contribution is 5.00. The maximum atomic E-state index is 5.58. The van der Waals surface area contributed by atoms with Gasteiger partial charge in [0.05, 0.1) is 17.3 Å². The van der Waals surface area contributed by atoms with E-state index in [0.717, 1.165) is 12.1 Å². The van der Waals surface area contributed by atoms with Gasteiger partial charge in [-0.3, -0.25) is 16.0 Å². The average molecular weight is 227 g/mol. The van der Waals surface area contributed by atoms with Crippen molar-refractivity contribution in [3.05, 3.63) is 11.9 Å². The van der Waals surface area contributed by atoms with E-state index in [1.165, 1.54) is 0 Å². The zero-order valence-electron chi connectivity index (χ0n) is 10.4. The summed E-state index contributed by atoms with van der Waals surface area (Å²) < 4.78 is 7.20. The number of nitrogens with two attached hydrogens (primary N) is 1. The lowest BCUT2D eigenvalue weighted by atomic mass is 9.90. The summed E-state index contributed by atoms with van der Waals surface area (Å²) in [4.78, 5) is 0. The number of hydrazine groups is 1. The van der Waals surface area contributed by atoms with Gasteiger partial charge in [0, 0.05) is 26.8 Å². The van der Waals surface area contributed by atoms with Crippen LogP contribution in [0, 0.1) is 0 Å². The summed E-state index contributed by atoms with van der Waals surface area (Å²) in [6.07, 6.45) is 3.46. The van der Waals surface area contributed by atoms with E-state index in [4.69, 9.17) is 10.6 Å². The first-order valence-corrected chi connectivity index (χ1v) is 5.42. The maximum absolute atomic E-state index is 5.58. The molecule has 0 saturated heterocycles. The van der Waals surface area contributed by atoms with Crippen molar-refractivity contribution in [2.75, 3.05) is 7.11 Å². The van der Waals surface area contributed by atoms with E-state index in [2.05, 4.69) is 22.7 Å². The molecule has 0 aromatic carbocycles. The van der Waals surface area contributed by atoms with Gasteiger partial charge in [0.25, 0.3) is 0 Å². The van der Waals surface area contributed by atoms with Gasteiger partial charge >= 0.3 is 0 Å². The number of aryl methyl sites for hydroxylation is 1. The average Bonchev–Trinajstić information content (AvgIpc) is 2.70. The second-order valence-corrected chi connectivity index (χ2v) is 4.18. The standard InChI is InChI=1S/C10H21N5O/c1-5-10(2,16-4)9(12-11)6-8-7-15(3)14-13-8/h7,9,12H,5-6,11H2,1-4H3. The molecule has 1 aromatic rings. The summed E-state index contributed by atoms with van der Waals surface area (Å²) in [5.41, 5.74) is 3.41. The van der Waals surface area contributed by atoms with Crippen LogP contribution in [0.25, 0.3) is 0 Å². The van der Waals surface area contributed by atoms with Crippen molar-refractivity contribution in [2.45, 2.75) is 38.3 Å². The van der Waals surface area contributed by atoms with Crippen LogP contribution >= 0.6 is 0 Å². The highest BCUT2D eigenvalue weighted by Gasteiger charge is 2.32. The molecule has 6 heteroatoms. The highest BCUT2D eigenvalue weighted by Crippen LogP contribution is 2.21. The molecule has 2 unspecified atom stereocenters. The second kappa shape index (κ2) is 5.38. The van der Waals surface area contributed by atoms with Gasteiger partial charge in [0.1, 0.15) is 0 Å². The van der Waals surface area contributed by atoms with Crippen molar-refractivity contribution < 1.29 is 4.74 Å². The van der Waals surface area contributed by atoms with Crippen LogP contribution in [-0.4, -0.2) is 33.7 Å². The lowest BCUT2D eigenvalue weighted by Gasteiger charge is -2.34. The van der Waals surface area contributed by atoms with Crippen LogP contribution in [0.4, 0.5) is 0 Å². The van der Waals surface area contributed by atoms with E-state index >= 15 is 0 Å². The van der Waals surface area contributed by atoms with Gasteiger partial charge in [0.15, 0.2) is 0 Å². The molecule has 92 valence electrons. The quantitative estimate of drug-likeness (QED) is 0.528. The maximum Gasteiger partial charge on any atom is 0.0844 e. The molecular weight excluding hydrogens is 206 g/mol. The monoisotopic (exact) mass is 227 g/mol. The number of nitrogens with one attached hydrogen (secondary N) is 1. The van der Waals surface area contributed by atoms with Gasteiger partial charge in [-0.2, -0.15) is 0 Å².